The Labute approximate surface area is 157 Å². The molecule has 0 saturated carbocycles. The number of hydrogen-bond donors (Lipinski definition) is 1. The second kappa shape index (κ2) is 7.40. The van der Waals surface area contributed by atoms with Crippen LogP contribution in [0.2, 0.25) is 0 Å². The number of nitrogens with one attached hydrogen (secondary N) is 1. The third-order valence-electron chi connectivity index (χ3n) is 4.88. The molecule has 3 aromatic heterocycles. The average molecular weight is 365 g/mol. The fourth-order valence-corrected chi connectivity index (χ4v) is 3.47. The van der Waals surface area contributed by atoms with E-state index >= 15 is 0 Å². The van der Waals surface area contributed by atoms with Gasteiger partial charge in [-0.2, -0.15) is 5.10 Å². The molecular formula is C19H23N7O. The van der Waals surface area contributed by atoms with Crippen molar-refractivity contribution in [3.63, 3.8) is 0 Å². The SMILES string of the molecule is CCCn1cc(CN2CCc3nc(-c4cncnc4)[nH]c(=O)c3C2)c(C)n1. The maximum atomic E-state index is 12.6. The van der Waals surface area contributed by atoms with E-state index in [1.807, 2.05) is 11.6 Å². The Kier molecular flexibility index (Phi) is 4.81. The third kappa shape index (κ3) is 3.66. The normalized spacial score (nSPS) is 14.3. The molecule has 0 fully saturated rings. The van der Waals surface area contributed by atoms with Gasteiger partial charge in [0.2, 0.25) is 0 Å². The van der Waals surface area contributed by atoms with E-state index in [1.54, 1.807) is 12.4 Å². The Morgan fingerprint density at radius 2 is 2.07 bits per heavy atom. The Balaban J connectivity index is 1.54. The molecule has 4 rings (SSSR count). The quantitative estimate of drug-likeness (QED) is 0.740. The summed E-state index contributed by atoms with van der Waals surface area (Å²) in [5.74, 6) is 0.532. The molecule has 0 radical (unpaired) electrons. The Bertz CT molecular complexity index is 993. The van der Waals surface area contributed by atoms with Gasteiger partial charge >= 0.3 is 0 Å². The smallest absolute Gasteiger partial charge is 0.255 e. The molecule has 8 nitrogen and oxygen atoms in total. The molecule has 3 aromatic rings. The van der Waals surface area contributed by atoms with Gasteiger partial charge in [0.25, 0.3) is 5.56 Å². The number of fused-ring (bicyclic) bond motifs is 1. The minimum Gasteiger partial charge on any atom is -0.306 e. The van der Waals surface area contributed by atoms with Crippen LogP contribution in [0.4, 0.5) is 0 Å². The van der Waals surface area contributed by atoms with Crippen LogP contribution < -0.4 is 5.56 Å². The molecule has 0 amide bonds. The predicted octanol–water partition coefficient (Wildman–Crippen LogP) is 1.70. The number of aromatic amines is 1. The number of nitrogens with zero attached hydrogens (tertiary/aromatic N) is 6. The molecule has 0 aromatic carbocycles. The molecule has 0 saturated heterocycles. The van der Waals surface area contributed by atoms with Crippen LogP contribution in [0.25, 0.3) is 11.4 Å². The summed E-state index contributed by atoms with van der Waals surface area (Å²) in [5, 5.41) is 4.57. The Hall–Kier alpha value is -2.87. The second-order valence-corrected chi connectivity index (χ2v) is 6.93. The molecule has 140 valence electrons. The molecule has 27 heavy (non-hydrogen) atoms. The van der Waals surface area contributed by atoms with Crippen molar-refractivity contribution in [2.45, 2.75) is 46.3 Å². The summed E-state index contributed by atoms with van der Waals surface area (Å²) in [7, 11) is 0. The highest BCUT2D eigenvalue weighted by Crippen LogP contribution is 2.20. The molecule has 8 heteroatoms. The van der Waals surface area contributed by atoms with Crippen LogP contribution in [0.3, 0.4) is 0 Å². The first-order chi connectivity index (χ1) is 13.1. The predicted molar refractivity (Wildman–Crippen MR) is 101 cm³/mol. The Morgan fingerprint density at radius 3 is 2.85 bits per heavy atom. The van der Waals surface area contributed by atoms with Crippen molar-refractivity contribution in [2.24, 2.45) is 0 Å². The van der Waals surface area contributed by atoms with E-state index in [-0.39, 0.29) is 5.56 Å². The standard InChI is InChI=1S/C19H23N7O/c1-3-5-26-10-15(13(2)24-26)9-25-6-4-17-16(11-25)19(27)23-18(22-17)14-7-20-12-21-8-14/h7-8,10,12H,3-6,9,11H2,1-2H3,(H,22,23,27). The zero-order valence-corrected chi connectivity index (χ0v) is 15.6. The van der Waals surface area contributed by atoms with Crippen molar-refractivity contribution in [3.8, 4) is 11.4 Å². The molecule has 1 aliphatic rings. The van der Waals surface area contributed by atoms with Gasteiger partial charge in [-0.25, -0.2) is 15.0 Å². The zero-order chi connectivity index (χ0) is 18.8. The first kappa shape index (κ1) is 17.5. The summed E-state index contributed by atoms with van der Waals surface area (Å²) in [6.07, 6.45) is 8.71. The molecule has 1 N–H and O–H groups in total. The average Bonchev–Trinajstić information content (AvgIpc) is 3.02. The highest BCUT2D eigenvalue weighted by atomic mass is 16.1. The molecule has 0 aliphatic carbocycles. The van der Waals surface area contributed by atoms with Crippen molar-refractivity contribution >= 4 is 0 Å². The lowest BCUT2D eigenvalue weighted by atomic mass is 10.1. The minimum atomic E-state index is -0.0815. The Morgan fingerprint density at radius 1 is 1.26 bits per heavy atom. The van der Waals surface area contributed by atoms with Crippen molar-refractivity contribution in [3.05, 3.63) is 57.8 Å². The van der Waals surface area contributed by atoms with E-state index in [0.29, 0.717) is 12.4 Å². The topological polar surface area (TPSA) is 92.6 Å². The van der Waals surface area contributed by atoms with Gasteiger partial charge in [-0.15, -0.1) is 0 Å². The lowest BCUT2D eigenvalue weighted by Crippen LogP contribution is -2.35. The van der Waals surface area contributed by atoms with Crippen LogP contribution in [0.5, 0.6) is 0 Å². The number of hydrogen-bond acceptors (Lipinski definition) is 6. The van der Waals surface area contributed by atoms with Crippen LogP contribution in [-0.4, -0.2) is 41.2 Å². The molecule has 0 bridgehead atoms. The number of aromatic nitrogens is 6. The monoisotopic (exact) mass is 365 g/mol. The van der Waals surface area contributed by atoms with Crippen molar-refractivity contribution in [2.75, 3.05) is 6.54 Å². The number of rotatable bonds is 5. The highest BCUT2D eigenvalue weighted by molar-refractivity contribution is 5.52. The molecule has 0 unspecified atom stereocenters. The molecule has 1 aliphatic heterocycles. The number of H-pyrrole nitrogens is 1. The third-order valence-corrected chi connectivity index (χ3v) is 4.88. The summed E-state index contributed by atoms with van der Waals surface area (Å²) in [6, 6.07) is 0. The maximum absolute atomic E-state index is 12.6. The van der Waals surface area contributed by atoms with Crippen molar-refractivity contribution < 1.29 is 0 Å². The summed E-state index contributed by atoms with van der Waals surface area (Å²) >= 11 is 0. The molecule has 0 atom stereocenters. The highest BCUT2D eigenvalue weighted by Gasteiger charge is 2.22. The molecular weight excluding hydrogens is 342 g/mol. The fourth-order valence-electron chi connectivity index (χ4n) is 3.47. The first-order valence-corrected chi connectivity index (χ1v) is 9.26. The van der Waals surface area contributed by atoms with Crippen LogP contribution in [-0.2, 0) is 26.1 Å². The first-order valence-electron chi connectivity index (χ1n) is 9.26. The van der Waals surface area contributed by atoms with Gasteiger partial charge in [-0.1, -0.05) is 6.92 Å². The van der Waals surface area contributed by atoms with Gasteiger partial charge in [0.1, 0.15) is 12.2 Å². The van der Waals surface area contributed by atoms with E-state index in [4.69, 9.17) is 0 Å². The molecule has 4 heterocycles. The van der Waals surface area contributed by atoms with Gasteiger partial charge in [0.05, 0.1) is 22.5 Å². The molecule has 0 spiro atoms. The zero-order valence-electron chi connectivity index (χ0n) is 15.6. The second-order valence-electron chi connectivity index (χ2n) is 6.93. The van der Waals surface area contributed by atoms with Gasteiger partial charge in [-0.3, -0.25) is 14.4 Å². The van der Waals surface area contributed by atoms with Gasteiger partial charge < -0.3 is 4.98 Å². The van der Waals surface area contributed by atoms with E-state index < -0.39 is 0 Å². The van der Waals surface area contributed by atoms with Crippen LogP contribution in [0.1, 0.15) is 35.9 Å². The lowest BCUT2D eigenvalue weighted by Gasteiger charge is -2.27. The maximum Gasteiger partial charge on any atom is 0.255 e. The van der Waals surface area contributed by atoms with Crippen molar-refractivity contribution in [1.29, 1.82) is 0 Å². The van der Waals surface area contributed by atoms with Crippen molar-refractivity contribution in [1.82, 2.24) is 34.6 Å². The van der Waals surface area contributed by atoms with Crippen LogP contribution in [0, 0.1) is 6.92 Å². The largest absolute Gasteiger partial charge is 0.306 e. The van der Waals surface area contributed by atoms with Gasteiger partial charge in [0.15, 0.2) is 0 Å². The van der Waals surface area contributed by atoms with Gasteiger partial charge in [0, 0.05) is 56.8 Å². The van der Waals surface area contributed by atoms with Crippen LogP contribution >= 0.6 is 0 Å². The lowest BCUT2D eigenvalue weighted by molar-refractivity contribution is 0.241. The van der Waals surface area contributed by atoms with E-state index in [2.05, 4.69) is 43.1 Å². The minimum absolute atomic E-state index is 0.0815. The summed E-state index contributed by atoms with van der Waals surface area (Å²) in [6.45, 7) is 7.38. The van der Waals surface area contributed by atoms with Gasteiger partial charge in [-0.05, 0) is 13.3 Å². The van der Waals surface area contributed by atoms with E-state index in [9.17, 15) is 4.79 Å². The number of aryl methyl sites for hydroxylation is 2. The summed E-state index contributed by atoms with van der Waals surface area (Å²) in [4.78, 5) is 30.4. The summed E-state index contributed by atoms with van der Waals surface area (Å²) < 4.78 is 2.01. The van der Waals surface area contributed by atoms with E-state index in [1.165, 1.54) is 11.9 Å². The van der Waals surface area contributed by atoms with Crippen LogP contribution in [0.15, 0.2) is 29.7 Å². The summed E-state index contributed by atoms with van der Waals surface area (Å²) in [5.41, 5.74) is 4.53. The fraction of sp³-hybridized carbons (Fsp3) is 0.421. The van der Waals surface area contributed by atoms with E-state index in [0.717, 1.165) is 55.0 Å².